The molecule has 0 aromatic rings. The molecule has 1 atom stereocenters. The lowest BCUT2D eigenvalue weighted by Crippen LogP contribution is -2.24. The fraction of sp³-hybridized carbons (Fsp3) is 0.667. The third-order valence-electron chi connectivity index (χ3n) is 0.815. The van der Waals surface area contributed by atoms with Crippen molar-refractivity contribution in [3.05, 3.63) is 12.2 Å². The van der Waals surface area contributed by atoms with Crippen LogP contribution in [0.2, 0.25) is 0 Å². The fourth-order valence-electron chi connectivity index (χ4n) is 0.315. The third-order valence-corrected chi connectivity index (χ3v) is 0.921. The molecule has 0 aromatic carbocycles. The summed E-state index contributed by atoms with van der Waals surface area (Å²) in [7, 11) is 0. The molecular formula is C6H10F2OS. The number of ether oxygens (including phenoxy) is 1. The van der Waals surface area contributed by atoms with Crippen molar-refractivity contribution in [3.8, 4) is 0 Å². The number of thiol groups is 1. The zero-order chi connectivity index (χ0) is 8.36. The van der Waals surface area contributed by atoms with Crippen LogP contribution >= 0.6 is 12.6 Å². The molecule has 0 saturated heterocycles. The predicted octanol–water partition coefficient (Wildman–Crippen LogP) is 2.45. The van der Waals surface area contributed by atoms with E-state index in [2.05, 4.69) is 23.9 Å². The van der Waals surface area contributed by atoms with E-state index >= 15 is 0 Å². The van der Waals surface area contributed by atoms with E-state index in [-0.39, 0.29) is 5.57 Å². The normalized spacial score (nSPS) is 14.9. The van der Waals surface area contributed by atoms with Gasteiger partial charge in [0.15, 0.2) is 0 Å². The summed E-state index contributed by atoms with van der Waals surface area (Å²) >= 11 is 3.64. The highest BCUT2D eigenvalue weighted by atomic mass is 32.1. The molecule has 10 heavy (non-hydrogen) atoms. The minimum absolute atomic E-state index is 0.312. The molecule has 60 valence electrons. The van der Waals surface area contributed by atoms with Crippen molar-refractivity contribution in [2.75, 3.05) is 0 Å². The van der Waals surface area contributed by atoms with Crippen LogP contribution in [0.1, 0.15) is 13.8 Å². The summed E-state index contributed by atoms with van der Waals surface area (Å²) in [6, 6.07) is 0. The number of alkyl halides is 2. The Bertz CT molecular complexity index is 134. The van der Waals surface area contributed by atoms with Crippen molar-refractivity contribution in [2.24, 2.45) is 0 Å². The van der Waals surface area contributed by atoms with E-state index in [4.69, 9.17) is 0 Å². The second-order valence-electron chi connectivity index (χ2n) is 2.01. The van der Waals surface area contributed by atoms with E-state index in [0.717, 1.165) is 0 Å². The Hall–Kier alpha value is -0.0900. The molecule has 0 rings (SSSR count). The van der Waals surface area contributed by atoms with Crippen molar-refractivity contribution in [2.45, 2.75) is 25.4 Å². The molecule has 0 aliphatic heterocycles. The lowest BCUT2D eigenvalue weighted by molar-refractivity contribution is -0.213. The molecule has 0 radical (unpaired) electrons. The number of rotatable bonds is 3. The van der Waals surface area contributed by atoms with E-state index in [1.165, 1.54) is 13.8 Å². The fourth-order valence-corrected chi connectivity index (χ4v) is 0.447. The SMILES string of the molecule is C=C(C)C(F)(F)OC(C)S. The molecule has 0 spiro atoms. The maximum atomic E-state index is 12.4. The Morgan fingerprint density at radius 1 is 1.70 bits per heavy atom. The summed E-state index contributed by atoms with van der Waals surface area (Å²) in [5, 5.41) is 0. The lowest BCUT2D eigenvalue weighted by atomic mass is 10.3. The molecule has 0 aliphatic carbocycles. The summed E-state index contributed by atoms with van der Waals surface area (Å²) < 4.78 is 29.0. The number of halogens is 2. The van der Waals surface area contributed by atoms with Gasteiger partial charge in [-0.2, -0.15) is 8.78 Å². The van der Waals surface area contributed by atoms with Crippen molar-refractivity contribution in [1.29, 1.82) is 0 Å². The van der Waals surface area contributed by atoms with Crippen LogP contribution in [0.4, 0.5) is 8.78 Å². The molecule has 0 fully saturated rings. The predicted molar refractivity (Wildman–Crippen MR) is 39.3 cm³/mol. The minimum Gasteiger partial charge on any atom is -0.303 e. The van der Waals surface area contributed by atoms with Crippen molar-refractivity contribution in [1.82, 2.24) is 0 Å². The van der Waals surface area contributed by atoms with Crippen molar-refractivity contribution >= 4 is 12.6 Å². The average molecular weight is 168 g/mol. The second-order valence-corrected chi connectivity index (χ2v) is 2.74. The van der Waals surface area contributed by atoms with Gasteiger partial charge < -0.3 is 4.74 Å². The molecule has 4 heteroatoms. The third kappa shape index (κ3) is 3.17. The van der Waals surface area contributed by atoms with Crippen LogP contribution in [0.5, 0.6) is 0 Å². The van der Waals surface area contributed by atoms with Gasteiger partial charge in [-0.3, -0.25) is 0 Å². The lowest BCUT2D eigenvalue weighted by Gasteiger charge is -2.18. The van der Waals surface area contributed by atoms with E-state index < -0.39 is 11.5 Å². The maximum absolute atomic E-state index is 12.4. The van der Waals surface area contributed by atoms with Gasteiger partial charge in [-0.1, -0.05) is 6.58 Å². The first-order valence-electron chi connectivity index (χ1n) is 2.76. The van der Waals surface area contributed by atoms with Crippen LogP contribution < -0.4 is 0 Å². The summed E-state index contributed by atoms with van der Waals surface area (Å²) in [5.41, 5.74) is -1.10. The van der Waals surface area contributed by atoms with E-state index in [9.17, 15) is 8.78 Å². The van der Waals surface area contributed by atoms with Crippen molar-refractivity contribution < 1.29 is 13.5 Å². The molecule has 0 heterocycles. The Balaban J connectivity index is 4.00. The topological polar surface area (TPSA) is 9.23 Å². The van der Waals surface area contributed by atoms with Crippen LogP contribution in [0, 0.1) is 0 Å². The standard InChI is InChI=1S/C6H10F2OS/c1-4(2)6(7,8)9-5(3)10/h5,10H,1H2,2-3H3. The van der Waals surface area contributed by atoms with Crippen LogP contribution in [0.25, 0.3) is 0 Å². The molecule has 0 N–H and O–H groups in total. The highest BCUT2D eigenvalue weighted by Crippen LogP contribution is 2.25. The monoisotopic (exact) mass is 168 g/mol. The van der Waals surface area contributed by atoms with E-state index in [1.54, 1.807) is 0 Å². The van der Waals surface area contributed by atoms with Gasteiger partial charge in [0.05, 0.1) is 0 Å². The van der Waals surface area contributed by atoms with Crippen LogP contribution in [0.15, 0.2) is 12.2 Å². The first-order chi connectivity index (χ1) is 4.36. The molecular weight excluding hydrogens is 158 g/mol. The van der Waals surface area contributed by atoms with Gasteiger partial charge in [0.25, 0.3) is 0 Å². The van der Waals surface area contributed by atoms with Gasteiger partial charge in [-0.05, 0) is 13.8 Å². The quantitative estimate of drug-likeness (QED) is 0.387. The van der Waals surface area contributed by atoms with E-state index in [1.807, 2.05) is 0 Å². The Kier molecular flexibility index (Phi) is 3.31. The smallest absolute Gasteiger partial charge is 0.303 e. The Labute approximate surface area is 64.5 Å². The van der Waals surface area contributed by atoms with E-state index in [0.29, 0.717) is 0 Å². The van der Waals surface area contributed by atoms with Gasteiger partial charge in [0, 0.05) is 5.57 Å². The van der Waals surface area contributed by atoms with Gasteiger partial charge in [-0.15, -0.1) is 12.6 Å². The molecule has 1 unspecified atom stereocenters. The summed E-state index contributed by atoms with van der Waals surface area (Å²) in [6.45, 7) is 5.69. The number of hydrogen-bond donors (Lipinski definition) is 1. The number of hydrogen-bond acceptors (Lipinski definition) is 2. The Morgan fingerprint density at radius 3 is 2.20 bits per heavy atom. The average Bonchev–Trinajstić information content (AvgIpc) is 1.60. The van der Waals surface area contributed by atoms with Crippen LogP contribution in [-0.4, -0.2) is 11.5 Å². The summed E-state index contributed by atoms with van der Waals surface area (Å²) in [6.07, 6.45) is -3.25. The Morgan fingerprint density at radius 2 is 2.10 bits per heavy atom. The molecule has 1 nitrogen and oxygen atoms in total. The highest BCUT2D eigenvalue weighted by molar-refractivity contribution is 7.80. The zero-order valence-electron chi connectivity index (χ0n) is 5.90. The highest BCUT2D eigenvalue weighted by Gasteiger charge is 2.32. The van der Waals surface area contributed by atoms with Crippen LogP contribution in [-0.2, 0) is 4.74 Å². The van der Waals surface area contributed by atoms with Crippen molar-refractivity contribution in [3.63, 3.8) is 0 Å². The largest absolute Gasteiger partial charge is 0.379 e. The minimum atomic E-state index is -3.25. The second kappa shape index (κ2) is 3.34. The molecule has 0 aromatic heterocycles. The zero-order valence-corrected chi connectivity index (χ0v) is 6.79. The summed E-state index contributed by atoms with van der Waals surface area (Å²) in [4.78, 5) is 0. The molecule has 0 saturated carbocycles. The maximum Gasteiger partial charge on any atom is 0.379 e. The molecule has 0 amide bonds. The molecule has 0 aliphatic rings. The van der Waals surface area contributed by atoms with Gasteiger partial charge in [0.2, 0.25) is 0 Å². The first-order valence-corrected chi connectivity index (χ1v) is 3.27. The van der Waals surface area contributed by atoms with Gasteiger partial charge >= 0.3 is 6.11 Å². The summed E-state index contributed by atoms with van der Waals surface area (Å²) in [5.74, 6) is 0. The van der Waals surface area contributed by atoms with Crippen LogP contribution in [0.3, 0.4) is 0 Å². The molecule has 0 bridgehead atoms. The first kappa shape index (κ1) is 9.91. The van der Waals surface area contributed by atoms with Gasteiger partial charge in [-0.25, -0.2) is 0 Å². The van der Waals surface area contributed by atoms with Gasteiger partial charge in [0.1, 0.15) is 5.44 Å².